The molecule has 1 atom stereocenters. The summed E-state index contributed by atoms with van der Waals surface area (Å²) in [6, 6.07) is 19.4. The summed E-state index contributed by atoms with van der Waals surface area (Å²) in [6.07, 6.45) is 6.45. The van der Waals surface area contributed by atoms with Crippen molar-refractivity contribution >= 4 is 17.2 Å². The van der Waals surface area contributed by atoms with E-state index in [4.69, 9.17) is 9.73 Å². The molecule has 0 saturated carbocycles. The molecule has 31 heavy (non-hydrogen) atoms. The van der Waals surface area contributed by atoms with Crippen LogP contribution in [0.4, 0.5) is 4.39 Å². The van der Waals surface area contributed by atoms with Crippen LogP contribution in [0.3, 0.4) is 0 Å². The third-order valence-electron chi connectivity index (χ3n) is 5.61. The average Bonchev–Trinajstić information content (AvgIpc) is 3.56. The van der Waals surface area contributed by atoms with Crippen LogP contribution in [0.25, 0.3) is 10.4 Å². The third-order valence-corrected chi connectivity index (χ3v) is 6.73. The molecule has 1 unspecified atom stereocenters. The van der Waals surface area contributed by atoms with Crippen molar-refractivity contribution in [3.8, 4) is 10.4 Å². The van der Waals surface area contributed by atoms with Crippen molar-refractivity contribution in [3.63, 3.8) is 0 Å². The van der Waals surface area contributed by atoms with E-state index in [0.717, 1.165) is 16.9 Å². The number of aryl methyl sites for hydroxylation is 1. The number of nitrogens with zero attached hydrogens (tertiary/aromatic N) is 3. The molecule has 5 rings (SSSR count). The molecule has 0 radical (unpaired) electrons. The minimum absolute atomic E-state index is 0.262. The van der Waals surface area contributed by atoms with Crippen LogP contribution in [-0.2, 0) is 23.2 Å². The normalized spacial score (nSPS) is 18.1. The zero-order chi connectivity index (χ0) is 21.3. The van der Waals surface area contributed by atoms with E-state index in [0.29, 0.717) is 19.0 Å². The molecule has 1 aliphatic rings. The second-order valence-electron chi connectivity index (χ2n) is 7.69. The van der Waals surface area contributed by atoms with Gasteiger partial charge in [0.15, 0.2) is 0 Å². The number of halogens is 1. The van der Waals surface area contributed by atoms with Crippen molar-refractivity contribution in [1.82, 2.24) is 9.55 Å². The van der Waals surface area contributed by atoms with Crippen LogP contribution in [0.1, 0.15) is 22.9 Å². The zero-order valence-corrected chi connectivity index (χ0v) is 18.0. The van der Waals surface area contributed by atoms with Crippen LogP contribution in [-0.4, -0.2) is 22.1 Å². The van der Waals surface area contributed by atoms with Crippen LogP contribution in [0.2, 0.25) is 0 Å². The Morgan fingerprint density at radius 3 is 2.52 bits per heavy atom. The lowest BCUT2D eigenvalue weighted by molar-refractivity contribution is 0.236. The molecular weight excluding hydrogens is 409 g/mol. The van der Waals surface area contributed by atoms with E-state index in [1.807, 2.05) is 10.8 Å². The Bertz CT molecular complexity index is 1200. The van der Waals surface area contributed by atoms with E-state index in [2.05, 4.69) is 48.3 Å². The minimum atomic E-state index is -0.628. The highest BCUT2D eigenvalue weighted by molar-refractivity contribution is 7.17. The number of hydrogen-bond donors (Lipinski definition) is 0. The number of ether oxygens (including phenoxy) is 1. The molecule has 2 aromatic carbocycles. The Morgan fingerprint density at radius 1 is 1.03 bits per heavy atom. The predicted octanol–water partition coefficient (Wildman–Crippen LogP) is 5.69. The fourth-order valence-electron chi connectivity index (χ4n) is 3.85. The van der Waals surface area contributed by atoms with Gasteiger partial charge in [0.2, 0.25) is 5.90 Å². The maximum absolute atomic E-state index is 13.5. The first kappa shape index (κ1) is 19.7. The minimum Gasteiger partial charge on any atom is -0.474 e. The number of thiophene rings is 1. The summed E-state index contributed by atoms with van der Waals surface area (Å²) in [6.45, 7) is 3.12. The molecule has 0 saturated heterocycles. The number of hydrogen-bond acceptors (Lipinski definition) is 4. The quantitative estimate of drug-likeness (QED) is 0.394. The van der Waals surface area contributed by atoms with E-state index in [1.165, 1.54) is 28.1 Å². The number of rotatable bonds is 6. The Kier molecular flexibility index (Phi) is 5.16. The number of benzene rings is 2. The van der Waals surface area contributed by atoms with Crippen molar-refractivity contribution in [1.29, 1.82) is 0 Å². The lowest BCUT2D eigenvalue weighted by atomic mass is 9.91. The van der Waals surface area contributed by atoms with Gasteiger partial charge in [0.25, 0.3) is 0 Å². The van der Waals surface area contributed by atoms with E-state index < -0.39 is 5.54 Å². The van der Waals surface area contributed by atoms with Gasteiger partial charge in [-0.1, -0.05) is 43.3 Å². The van der Waals surface area contributed by atoms with Gasteiger partial charge in [0, 0.05) is 17.3 Å². The first-order valence-corrected chi connectivity index (χ1v) is 11.1. The molecule has 156 valence electrons. The highest BCUT2D eigenvalue weighted by Crippen LogP contribution is 2.37. The molecule has 0 bridgehead atoms. The summed E-state index contributed by atoms with van der Waals surface area (Å²) >= 11 is 1.67. The molecule has 4 nitrogen and oxygen atoms in total. The summed E-state index contributed by atoms with van der Waals surface area (Å²) in [7, 11) is 0. The van der Waals surface area contributed by atoms with Crippen LogP contribution < -0.4 is 0 Å². The first-order chi connectivity index (χ1) is 15.1. The van der Waals surface area contributed by atoms with Crippen molar-refractivity contribution < 1.29 is 9.13 Å². The predicted molar refractivity (Wildman–Crippen MR) is 122 cm³/mol. The van der Waals surface area contributed by atoms with Gasteiger partial charge in [0.05, 0.1) is 17.7 Å². The molecule has 0 aliphatic carbocycles. The van der Waals surface area contributed by atoms with Crippen LogP contribution >= 0.6 is 11.3 Å². The van der Waals surface area contributed by atoms with Gasteiger partial charge in [-0.3, -0.25) is 0 Å². The summed E-state index contributed by atoms with van der Waals surface area (Å²) in [5.74, 6) is 0.368. The highest BCUT2D eigenvalue weighted by atomic mass is 32.1. The standard InChI is InChI=1S/C25H22FN3OS/c1-2-18-3-5-19(6-4-18)22-11-12-23(31-22)24-28-25(16-30-24,15-29-14-13-27-17-29)20-7-9-21(26)10-8-20/h3-14,17H,2,15-16H2,1H3. The second-order valence-corrected chi connectivity index (χ2v) is 8.78. The van der Waals surface area contributed by atoms with Gasteiger partial charge >= 0.3 is 0 Å². The van der Waals surface area contributed by atoms with Crippen LogP contribution in [0, 0.1) is 5.82 Å². The number of aromatic nitrogens is 2. The van der Waals surface area contributed by atoms with Crippen LogP contribution in [0.15, 0.2) is 84.4 Å². The van der Waals surface area contributed by atoms with E-state index in [-0.39, 0.29) is 5.82 Å². The Hall–Kier alpha value is -3.25. The van der Waals surface area contributed by atoms with Gasteiger partial charge in [-0.25, -0.2) is 14.4 Å². The lowest BCUT2D eigenvalue weighted by Crippen LogP contribution is -2.31. The van der Waals surface area contributed by atoms with Crippen molar-refractivity contribution in [2.24, 2.45) is 4.99 Å². The van der Waals surface area contributed by atoms with Gasteiger partial charge < -0.3 is 9.30 Å². The summed E-state index contributed by atoms with van der Waals surface area (Å²) < 4.78 is 21.6. The highest BCUT2D eigenvalue weighted by Gasteiger charge is 2.39. The van der Waals surface area contributed by atoms with E-state index in [1.54, 1.807) is 36.0 Å². The van der Waals surface area contributed by atoms with E-state index >= 15 is 0 Å². The Labute approximate surface area is 184 Å². The molecule has 0 N–H and O–H groups in total. The fourth-order valence-corrected chi connectivity index (χ4v) is 4.80. The SMILES string of the molecule is CCc1ccc(-c2ccc(C3=NC(Cn4ccnc4)(c4ccc(F)cc4)CO3)s2)cc1. The molecule has 0 spiro atoms. The van der Waals surface area contributed by atoms with Gasteiger partial charge in [-0.15, -0.1) is 11.3 Å². The Balaban J connectivity index is 1.48. The Morgan fingerprint density at radius 2 is 1.81 bits per heavy atom. The van der Waals surface area contributed by atoms with Gasteiger partial charge in [-0.2, -0.15) is 0 Å². The fraction of sp³-hybridized carbons (Fsp3) is 0.200. The zero-order valence-electron chi connectivity index (χ0n) is 17.2. The van der Waals surface area contributed by atoms with Gasteiger partial charge in [0.1, 0.15) is 18.0 Å². The molecule has 0 amide bonds. The topological polar surface area (TPSA) is 39.4 Å². The maximum Gasteiger partial charge on any atom is 0.227 e. The second kappa shape index (κ2) is 8.12. The van der Waals surface area contributed by atoms with Crippen molar-refractivity contribution in [2.45, 2.75) is 25.4 Å². The maximum atomic E-state index is 13.5. The summed E-state index contributed by atoms with van der Waals surface area (Å²) in [5, 5.41) is 0. The van der Waals surface area contributed by atoms with Crippen molar-refractivity contribution in [3.05, 3.63) is 101 Å². The largest absolute Gasteiger partial charge is 0.474 e. The van der Waals surface area contributed by atoms with Crippen molar-refractivity contribution in [2.75, 3.05) is 6.61 Å². The monoisotopic (exact) mass is 431 g/mol. The molecule has 2 aromatic heterocycles. The molecule has 4 aromatic rings. The summed E-state index contributed by atoms with van der Waals surface area (Å²) in [5.41, 5.74) is 2.81. The summed E-state index contributed by atoms with van der Waals surface area (Å²) in [4.78, 5) is 11.3. The molecule has 3 heterocycles. The molecule has 1 aliphatic heterocycles. The average molecular weight is 432 g/mol. The molecule has 0 fully saturated rings. The third kappa shape index (κ3) is 3.91. The van der Waals surface area contributed by atoms with Crippen LogP contribution in [0.5, 0.6) is 0 Å². The molecule has 6 heteroatoms. The van der Waals surface area contributed by atoms with E-state index in [9.17, 15) is 4.39 Å². The first-order valence-electron chi connectivity index (χ1n) is 10.3. The number of aliphatic imine (C=N–C) groups is 1. The molecular formula is C25H22FN3OS. The smallest absolute Gasteiger partial charge is 0.227 e. The lowest BCUT2D eigenvalue weighted by Gasteiger charge is -2.25. The van der Waals surface area contributed by atoms with Gasteiger partial charge in [-0.05, 0) is 47.4 Å². The number of imidazole rings is 1.